The zero-order valence-corrected chi connectivity index (χ0v) is 13.8. The van der Waals surface area contributed by atoms with Gasteiger partial charge in [0.15, 0.2) is 0 Å². The van der Waals surface area contributed by atoms with Gasteiger partial charge in [-0.05, 0) is 26.3 Å². The maximum atomic E-state index is 12.4. The Kier molecular flexibility index (Phi) is 4.68. The number of amides is 3. The molecule has 1 heterocycles. The molecular formula is C16H19N3O5. The molecule has 1 aliphatic heterocycles. The van der Waals surface area contributed by atoms with Crippen molar-refractivity contribution >= 4 is 23.4 Å². The molecule has 0 atom stereocenters. The first kappa shape index (κ1) is 17.6. The Morgan fingerprint density at radius 3 is 2.54 bits per heavy atom. The van der Waals surface area contributed by atoms with Gasteiger partial charge in [0.05, 0.1) is 10.5 Å². The van der Waals surface area contributed by atoms with Crippen molar-refractivity contribution < 1.29 is 19.3 Å². The van der Waals surface area contributed by atoms with Crippen LogP contribution in [-0.4, -0.2) is 39.6 Å². The van der Waals surface area contributed by atoms with E-state index in [-0.39, 0.29) is 35.5 Å². The van der Waals surface area contributed by atoms with Crippen LogP contribution in [0.2, 0.25) is 0 Å². The van der Waals surface area contributed by atoms with E-state index in [1.54, 1.807) is 0 Å². The predicted molar refractivity (Wildman–Crippen MR) is 85.6 cm³/mol. The van der Waals surface area contributed by atoms with Crippen LogP contribution in [0.4, 0.5) is 5.69 Å². The highest BCUT2D eigenvalue weighted by Crippen LogP contribution is 2.30. The second-order valence-electron chi connectivity index (χ2n) is 6.25. The maximum absolute atomic E-state index is 12.4. The molecule has 0 fully saturated rings. The van der Waals surface area contributed by atoms with Crippen molar-refractivity contribution in [3.05, 3.63) is 39.4 Å². The van der Waals surface area contributed by atoms with Gasteiger partial charge in [-0.3, -0.25) is 29.4 Å². The normalized spacial score (nSPS) is 13.9. The summed E-state index contributed by atoms with van der Waals surface area (Å²) < 4.78 is 0. The molecular weight excluding hydrogens is 314 g/mol. The average molecular weight is 333 g/mol. The van der Waals surface area contributed by atoms with Gasteiger partial charge in [0, 0.05) is 24.6 Å². The molecule has 0 bridgehead atoms. The SMILES string of the molecule is CCC(C)(C)NC(=O)CCN1C(=O)c2cccc([N+](=O)[O-])c2C1=O. The van der Waals surface area contributed by atoms with Crippen molar-refractivity contribution in [2.45, 2.75) is 39.2 Å². The fourth-order valence-electron chi connectivity index (χ4n) is 2.41. The highest BCUT2D eigenvalue weighted by atomic mass is 16.6. The lowest BCUT2D eigenvalue weighted by atomic mass is 10.0. The quantitative estimate of drug-likeness (QED) is 0.485. The Bertz CT molecular complexity index is 726. The number of nitrogens with zero attached hydrogens (tertiary/aromatic N) is 2. The summed E-state index contributed by atoms with van der Waals surface area (Å²) in [7, 11) is 0. The van der Waals surface area contributed by atoms with E-state index in [1.807, 2.05) is 20.8 Å². The number of imide groups is 1. The standard InChI is InChI=1S/C16H19N3O5/c1-4-16(2,3)17-12(20)8-9-18-14(21)10-6-5-7-11(19(23)24)13(10)15(18)22/h5-7H,4,8-9H2,1-3H3,(H,17,20). The van der Waals surface area contributed by atoms with Gasteiger partial charge >= 0.3 is 0 Å². The molecule has 0 saturated heterocycles. The van der Waals surface area contributed by atoms with Crippen LogP contribution in [0, 0.1) is 10.1 Å². The molecule has 0 aromatic heterocycles. The van der Waals surface area contributed by atoms with Crippen molar-refractivity contribution in [3.63, 3.8) is 0 Å². The van der Waals surface area contributed by atoms with E-state index >= 15 is 0 Å². The zero-order valence-electron chi connectivity index (χ0n) is 13.8. The molecule has 8 heteroatoms. The van der Waals surface area contributed by atoms with Gasteiger partial charge in [-0.25, -0.2) is 0 Å². The minimum atomic E-state index is -0.732. The molecule has 1 aromatic rings. The summed E-state index contributed by atoms with van der Waals surface area (Å²) in [6, 6.07) is 3.93. The van der Waals surface area contributed by atoms with E-state index in [9.17, 15) is 24.5 Å². The van der Waals surface area contributed by atoms with Crippen LogP contribution in [-0.2, 0) is 4.79 Å². The van der Waals surface area contributed by atoms with Gasteiger partial charge in [-0.2, -0.15) is 0 Å². The Labute approximate surface area is 139 Å². The Morgan fingerprint density at radius 2 is 1.96 bits per heavy atom. The summed E-state index contributed by atoms with van der Waals surface area (Å²) in [4.78, 5) is 47.8. The molecule has 2 rings (SSSR count). The fraction of sp³-hybridized carbons (Fsp3) is 0.438. The van der Waals surface area contributed by atoms with E-state index in [1.165, 1.54) is 18.2 Å². The minimum Gasteiger partial charge on any atom is -0.351 e. The molecule has 0 saturated carbocycles. The minimum absolute atomic E-state index is 0.00324. The molecule has 0 aliphatic carbocycles. The van der Waals surface area contributed by atoms with E-state index in [0.717, 1.165) is 11.3 Å². The van der Waals surface area contributed by atoms with Crippen LogP contribution in [0.1, 0.15) is 54.3 Å². The molecule has 3 amide bonds. The maximum Gasteiger partial charge on any atom is 0.282 e. The molecule has 0 spiro atoms. The Hall–Kier alpha value is -2.77. The topological polar surface area (TPSA) is 110 Å². The average Bonchev–Trinajstić information content (AvgIpc) is 2.76. The molecule has 1 N–H and O–H groups in total. The highest BCUT2D eigenvalue weighted by molar-refractivity contribution is 6.23. The summed E-state index contributed by atoms with van der Waals surface area (Å²) in [5.74, 6) is -1.63. The summed E-state index contributed by atoms with van der Waals surface area (Å²) in [5, 5.41) is 13.8. The smallest absolute Gasteiger partial charge is 0.282 e. The number of nitro benzene ring substituents is 1. The Morgan fingerprint density at radius 1 is 1.29 bits per heavy atom. The van der Waals surface area contributed by atoms with Crippen LogP contribution in [0.3, 0.4) is 0 Å². The lowest BCUT2D eigenvalue weighted by Gasteiger charge is -2.25. The van der Waals surface area contributed by atoms with E-state index in [4.69, 9.17) is 0 Å². The molecule has 0 unspecified atom stereocenters. The van der Waals surface area contributed by atoms with Crippen molar-refractivity contribution in [2.24, 2.45) is 0 Å². The van der Waals surface area contributed by atoms with Crippen molar-refractivity contribution in [3.8, 4) is 0 Å². The van der Waals surface area contributed by atoms with E-state index in [2.05, 4.69) is 5.32 Å². The molecule has 0 radical (unpaired) electrons. The number of carbonyl (C=O) groups is 3. The van der Waals surface area contributed by atoms with Gasteiger partial charge < -0.3 is 5.32 Å². The molecule has 128 valence electrons. The van der Waals surface area contributed by atoms with Gasteiger partial charge in [0.2, 0.25) is 5.91 Å². The number of nitrogens with one attached hydrogen (secondary N) is 1. The number of benzene rings is 1. The first-order valence-corrected chi connectivity index (χ1v) is 7.62. The number of hydrogen-bond donors (Lipinski definition) is 1. The summed E-state index contributed by atoms with van der Waals surface area (Å²) in [5.41, 5.74) is -0.979. The third-order valence-electron chi connectivity index (χ3n) is 4.10. The lowest BCUT2D eigenvalue weighted by Crippen LogP contribution is -2.44. The van der Waals surface area contributed by atoms with Crippen molar-refractivity contribution in [2.75, 3.05) is 6.54 Å². The zero-order chi connectivity index (χ0) is 18.1. The predicted octanol–water partition coefficient (Wildman–Crippen LogP) is 1.89. The first-order chi connectivity index (χ1) is 11.2. The Balaban J connectivity index is 2.13. The molecule has 24 heavy (non-hydrogen) atoms. The second kappa shape index (κ2) is 6.38. The van der Waals surface area contributed by atoms with Gasteiger partial charge in [0.25, 0.3) is 17.5 Å². The molecule has 1 aliphatic rings. The number of rotatable bonds is 6. The van der Waals surface area contributed by atoms with Gasteiger partial charge in [-0.1, -0.05) is 13.0 Å². The van der Waals surface area contributed by atoms with Crippen molar-refractivity contribution in [1.82, 2.24) is 10.2 Å². The highest BCUT2D eigenvalue weighted by Gasteiger charge is 2.40. The van der Waals surface area contributed by atoms with Crippen LogP contribution in [0.25, 0.3) is 0 Å². The van der Waals surface area contributed by atoms with Gasteiger partial charge in [0.1, 0.15) is 5.56 Å². The van der Waals surface area contributed by atoms with Crippen LogP contribution < -0.4 is 5.32 Å². The third-order valence-corrected chi connectivity index (χ3v) is 4.10. The second-order valence-corrected chi connectivity index (χ2v) is 6.25. The summed E-state index contributed by atoms with van der Waals surface area (Å²) >= 11 is 0. The molecule has 8 nitrogen and oxygen atoms in total. The fourth-order valence-corrected chi connectivity index (χ4v) is 2.41. The number of nitro groups is 1. The largest absolute Gasteiger partial charge is 0.351 e. The number of carbonyl (C=O) groups excluding carboxylic acids is 3. The van der Waals surface area contributed by atoms with Crippen LogP contribution >= 0.6 is 0 Å². The van der Waals surface area contributed by atoms with Crippen molar-refractivity contribution in [1.29, 1.82) is 0 Å². The van der Waals surface area contributed by atoms with Gasteiger partial charge in [-0.15, -0.1) is 0 Å². The molecule has 1 aromatic carbocycles. The summed E-state index contributed by atoms with van der Waals surface area (Å²) in [6.45, 7) is 5.56. The third kappa shape index (κ3) is 3.27. The van der Waals surface area contributed by atoms with E-state index < -0.39 is 22.4 Å². The number of fused-ring (bicyclic) bond motifs is 1. The van der Waals surface area contributed by atoms with Crippen LogP contribution in [0.5, 0.6) is 0 Å². The first-order valence-electron chi connectivity index (χ1n) is 7.62. The van der Waals surface area contributed by atoms with E-state index in [0.29, 0.717) is 0 Å². The van der Waals surface area contributed by atoms with Crippen LogP contribution in [0.15, 0.2) is 18.2 Å². The monoisotopic (exact) mass is 333 g/mol. The summed E-state index contributed by atoms with van der Waals surface area (Å²) in [6.07, 6.45) is 0.681. The lowest BCUT2D eigenvalue weighted by molar-refractivity contribution is -0.385. The number of hydrogen-bond acceptors (Lipinski definition) is 5.